The molecule has 2 N–H and O–H groups in total. The Morgan fingerprint density at radius 1 is 0.984 bits per heavy atom. The molecular formula is C40H29ClF8N10O4S. The number of anilines is 1. The summed E-state index contributed by atoms with van der Waals surface area (Å²) < 4.78 is 146. The van der Waals surface area contributed by atoms with Crippen molar-refractivity contribution in [1.29, 1.82) is 0 Å². The second kappa shape index (κ2) is 15.3. The summed E-state index contributed by atoms with van der Waals surface area (Å²) in [5, 5.41) is 10.4. The maximum atomic E-state index is 15.5. The fraction of sp³-hybridized carbons (Fsp3) is 0.275. The Bertz CT molecular complexity index is 3250. The van der Waals surface area contributed by atoms with Gasteiger partial charge >= 0.3 is 0 Å². The zero-order chi connectivity index (χ0) is 45.7. The van der Waals surface area contributed by atoms with Gasteiger partial charge in [0.15, 0.2) is 11.6 Å². The predicted octanol–water partition coefficient (Wildman–Crippen LogP) is 7.41. The van der Waals surface area contributed by atoms with E-state index in [-0.39, 0.29) is 73.1 Å². The number of sulfonamides is 1. The van der Waals surface area contributed by atoms with Crippen molar-refractivity contribution in [3.05, 3.63) is 122 Å². The molecule has 332 valence electrons. The van der Waals surface area contributed by atoms with Gasteiger partial charge in [-0.3, -0.25) is 28.2 Å². The molecular weight excluding hydrogens is 904 g/mol. The zero-order valence-corrected chi connectivity index (χ0v) is 34.4. The average molecular weight is 933 g/mol. The second-order valence-corrected chi connectivity index (χ2v) is 17.5. The van der Waals surface area contributed by atoms with Crippen LogP contribution in [0.15, 0.2) is 65.6 Å². The number of nitrogens with zero attached hydrogens (tertiary/aromatic N) is 8. The molecule has 1 amide bonds. The van der Waals surface area contributed by atoms with E-state index >= 15 is 8.78 Å². The smallest absolute Gasteiger partial charge is 0.293 e. The maximum absolute atomic E-state index is 15.5. The molecule has 14 nitrogen and oxygen atoms in total. The van der Waals surface area contributed by atoms with Crippen LogP contribution in [0.4, 0.5) is 40.9 Å². The fourth-order valence-corrected chi connectivity index (χ4v) is 9.09. The van der Waals surface area contributed by atoms with E-state index in [9.17, 15) is 44.3 Å². The molecule has 24 heteroatoms. The van der Waals surface area contributed by atoms with Gasteiger partial charge in [-0.1, -0.05) is 17.7 Å². The van der Waals surface area contributed by atoms with Gasteiger partial charge < -0.3 is 5.32 Å². The predicted molar refractivity (Wildman–Crippen MR) is 214 cm³/mol. The minimum atomic E-state index is -3.96. The topological polar surface area (TPSA) is 172 Å². The monoisotopic (exact) mass is 932 g/mol. The van der Waals surface area contributed by atoms with Gasteiger partial charge in [0.2, 0.25) is 15.9 Å². The van der Waals surface area contributed by atoms with Gasteiger partial charge in [0, 0.05) is 42.8 Å². The summed E-state index contributed by atoms with van der Waals surface area (Å²) in [6, 6.07) is 8.39. The van der Waals surface area contributed by atoms with Crippen LogP contribution in [0.25, 0.3) is 38.9 Å². The van der Waals surface area contributed by atoms with Crippen molar-refractivity contribution in [3.8, 4) is 17.1 Å². The number of carbonyl (C=O) groups is 1. The molecule has 4 heterocycles. The first kappa shape index (κ1) is 42.8. The Labute approximate surface area is 360 Å². The van der Waals surface area contributed by atoms with Gasteiger partial charge in [0.25, 0.3) is 24.3 Å². The van der Waals surface area contributed by atoms with Gasteiger partial charge in [-0.2, -0.15) is 19.0 Å². The average Bonchev–Trinajstić information content (AvgIpc) is 3.75. The number of carbonyl (C=O) groups excluding carboxylic acids is 1. The molecule has 1 saturated carbocycles. The third-order valence-electron chi connectivity index (χ3n) is 11.0. The highest BCUT2D eigenvalue weighted by Gasteiger charge is 2.67. The number of fused-ring (bicyclic) bond motifs is 5. The van der Waals surface area contributed by atoms with Crippen LogP contribution in [0.3, 0.4) is 0 Å². The Morgan fingerprint density at radius 2 is 1.72 bits per heavy atom. The van der Waals surface area contributed by atoms with Crippen LogP contribution in [0.5, 0.6) is 0 Å². The van der Waals surface area contributed by atoms with Crippen molar-refractivity contribution in [2.45, 2.75) is 50.1 Å². The van der Waals surface area contributed by atoms with Gasteiger partial charge in [-0.25, -0.2) is 49.7 Å². The summed E-state index contributed by atoms with van der Waals surface area (Å²) in [4.78, 5) is 41.8. The number of aromatic nitrogens is 8. The molecule has 2 aliphatic rings. The van der Waals surface area contributed by atoms with Crippen molar-refractivity contribution in [3.63, 3.8) is 0 Å². The Kier molecular flexibility index (Phi) is 10.3. The fourth-order valence-electron chi connectivity index (χ4n) is 8.35. The lowest BCUT2D eigenvalue weighted by Gasteiger charge is -2.24. The molecule has 0 unspecified atom stereocenters. The number of benzene rings is 3. The molecule has 1 fully saturated rings. The maximum Gasteiger partial charge on any atom is 0.293 e. The molecule has 7 aromatic rings. The van der Waals surface area contributed by atoms with Crippen molar-refractivity contribution in [2.24, 2.45) is 13.0 Å². The second-order valence-electron chi connectivity index (χ2n) is 15.4. The largest absolute Gasteiger partial charge is 0.344 e. The Morgan fingerprint density at radius 3 is 2.41 bits per heavy atom. The lowest BCUT2D eigenvalue weighted by Crippen LogP contribution is -2.38. The molecule has 64 heavy (non-hydrogen) atoms. The highest BCUT2D eigenvalue weighted by molar-refractivity contribution is 7.92. The van der Waals surface area contributed by atoms with Crippen molar-refractivity contribution in [2.75, 3.05) is 11.0 Å². The highest BCUT2D eigenvalue weighted by Crippen LogP contribution is 2.68. The van der Waals surface area contributed by atoms with Gasteiger partial charge in [0.05, 0.1) is 44.8 Å². The van der Waals surface area contributed by atoms with E-state index in [2.05, 4.69) is 30.2 Å². The SMILES string of the molecule is Cn1nc(NS(C)(=O)=O)c2c(Cl)ccc(-n3c([C@H](Cc4cc(F)cc(F)c4)NC(=O)Cn4nc(C(F)F)c5c4C(F)(F)[C@@H]4C[C@H]54)nc4cc(-c5nccc(C(F)F)n5)ccc4c3=O)c21. The molecule has 9 rings (SSSR count). The highest BCUT2D eigenvalue weighted by atomic mass is 35.5. The third-order valence-corrected chi connectivity index (χ3v) is 11.8. The summed E-state index contributed by atoms with van der Waals surface area (Å²) in [5.41, 5.74) is -3.71. The standard InChI is InChI=1S/C40H29ClF8N10O4S/c1-57-32-27(6-5-23(41)30(32)37(55-57)56-64(2,62)63)59-38(53-25-12-17(3-4-20(25)39(59)61)36-50-8-7-24(52-36)34(44)45)26(11-16-9-18(42)13-19(43)10-16)51-28(60)15-58-33-29(31(54-58)35(46)47)21-14-22(21)40(33,48)49/h3-10,12-13,21-22,26,34-35H,11,14-15H2,1-2H3,(H,51,60)(H,55,56)/t21-,22+,26-/m0/s1. The molecule has 0 saturated heterocycles. The quantitative estimate of drug-likeness (QED) is 0.118. The normalized spacial score (nSPS) is 17.0. The molecule has 3 atom stereocenters. The van der Waals surface area contributed by atoms with Crippen LogP contribution in [-0.4, -0.2) is 59.7 Å². The first-order valence-corrected chi connectivity index (χ1v) is 21.3. The lowest BCUT2D eigenvalue weighted by atomic mass is 10.0. The lowest BCUT2D eigenvalue weighted by molar-refractivity contribution is -0.123. The summed E-state index contributed by atoms with van der Waals surface area (Å²) >= 11 is 6.60. The Hall–Kier alpha value is -6.49. The van der Waals surface area contributed by atoms with E-state index in [1.807, 2.05) is 0 Å². The molecule has 0 spiro atoms. The molecule has 0 radical (unpaired) electrons. The van der Waals surface area contributed by atoms with E-state index in [4.69, 9.17) is 16.6 Å². The van der Waals surface area contributed by atoms with Gasteiger partial charge in [0.1, 0.15) is 41.1 Å². The molecule has 4 aromatic heterocycles. The van der Waals surface area contributed by atoms with Crippen LogP contribution < -0.4 is 15.6 Å². The first-order valence-electron chi connectivity index (χ1n) is 19.0. The molecule has 0 aliphatic heterocycles. The molecule has 2 aliphatic carbocycles. The number of hydrogen-bond acceptors (Lipinski definition) is 9. The van der Waals surface area contributed by atoms with E-state index in [0.717, 1.165) is 35.2 Å². The van der Waals surface area contributed by atoms with Crippen LogP contribution in [0.1, 0.15) is 65.3 Å². The van der Waals surface area contributed by atoms with Crippen molar-refractivity contribution in [1.82, 2.24) is 44.4 Å². The van der Waals surface area contributed by atoms with Crippen LogP contribution >= 0.6 is 11.6 Å². The number of alkyl halides is 6. The van der Waals surface area contributed by atoms with Gasteiger partial charge in [-0.05, 0) is 60.4 Å². The third kappa shape index (κ3) is 7.48. The number of halogens is 9. The minimum absolute atomic E-state index is 0.00517. The summed E-state index contributed by atoms with van der Waals surface area (Å²) in [6.07, 6.45) is -4.85. The summed E-state index contributed by atoms with van der Waals surface area (Å²) in [7, 11) is -2.56. The molecule has 3 aromatic carbocycles. The van der Waals surface area contributed by atoms with Crippen molar-refractivity contribution < 1.29 is 48.3 Å². The van der Waals surface area contributed by atoms with Gasteiger partial charge in [-0.15, -0.1) is 0 Å². The zero-order valence-electron chi connectivity index (χ0n) is 32.8. The van der Waals surface area contributed by atoms with E-state index < -0.39 is 99.8 Å². The van der Waals surface area contributed by atoms with E-state index in [0.29, 0.717) is 10.7 Å². The number of aryl methyl sites for hydroxylation is 1. The number of rotatable bonds is 12. The summed E-state index contributed by atoms with van der Waals surface area (Å²) in [6.45, 7) is -1.05. The van der Waals surface area contributed by atoms with E-state index in [1.54, 1.807) is 0 Å². The van der Waals surface area contributed by atoms with Crippen LogP contribution in [0, 0.1) is 17.6 Å². The first-order chi connectivity index (χ1) is 30.2. The summed E-state index contributed by atoms with van der Waals surface area (Å²) in [5.74, 6) is -9.72. The number of amides is 1. The van der Waals surface area contributed by atoms with Crippen molar-refractivity contribution >= 4 is 55.2 Å². The minimum Gasteiger partial charge on any atom is -0.344 e. The Balaban J connectivity index is 1.26. The molecule has 0 bridgehead atoms. The van der Waals surface area contributed by atoms with E-state index in [1.165, 1.54) is 42.1 Å². The van der Waals surface area contributed by atoms with Crippen LogP contribution in [0.2, 0.25) is 5.02 Å². The number of nitrogens with one attached hydrogen (secondary N) is 2. The van der Waals surface area contributed by atoms with Crippen LogP contribution in [-0.2, 0) is 40.8 Å². The number of hydrogen-bond donors (Lipinski definition) is 2.